The van der Waals surface area contributed by atoms with Crippen molar-refractivity contribution in [3.8, 4) is 0 Å². The molecule has 0 aromatic heterocycles. The Balaban J connectivity index is 2.10. The second-order valence-electron chi connectivity index (χ2n) is 4.27. The van der Waals surface area contributed by atoms with Gasteiger partial charge in [0.1, 0.15) is 0 Å². The summed E-state index contributed by atoms with van der Waals surface area (Å²) in [7, 11) is 0. The average Bonchev–Trinajstić information content (AvgIpc) is 2.48. The molecule has 108 valence electrons. The van der Waals surface area contributed by atoms with E-state index in [-0.39, 0.29) is 5.91 Å². The molecule has 2 aromatic rings. The predicted molar refractivity (Wildman–Crippen MR) is 90.3 cm³/mol. The Labute approximate surface area is 141 Å². The summed E-state index contributed by atoms with van der Waals surface area (Å²) in [6.45, 7) is 1.78. The van der Waals surface area contributed by atoms with Gasteiger partial charge in [-0.1, -0.05) is 45.2 Å². The van der Waals surface area contributed by atoms with Crippen molar-refractivity contribution in [3.05, 3.63) is 68.1 Å². The topological polar surface area (TPSA) is 41.5 Å². The summed E-state index contributed by atoms with van der Waals surface area (Å²) in [5, 5.41) is 4.99. The van der Waals surface area contributed by atoms with E-state index < -0.39 is 0 Å². The number of hydrogen-bond donors (Lipinski definition) is 1. The van der Waals surface area contributed by atoms with Gasteiger partial charge in [0.25, 0.3) is 5.91 Å². The van der Waals surface area contributed by atoms with Gasteiger partial charge in [-0.3, -0.25) is 4.79 Å². The summed E-state index contributed by atoms with van der Waals surface area (Å²) in [5.41, 5.74) is 4.47. The SMILES string of the molecule is C/C(=N/NC(=O)c1ccc(Br)cc1)c1ccc(Cl)c(Cl)c1. The molecule has 3 nitrogen and oxygen atoms in total. The standard InChI is InChI=1S/C15H11BrCl2N2O/c1-9(11-4-7-13(17)14(18)8-11)19-20-15(21)10-2-5-12(16)6-3-10/h2-8H,1H3,(H,20,21)/b19-9-. The Hall–Kier alpha value is -1.36. The van der Waals surface area contributed by atoms with Crippen molar-refractivity contribution in [2.24, 2.45) is 5.10 Å². The smallest absolute Gasteiger partial charge is 0.267 e. The zero-order valence-corrected chi connectivity index (χ0v) is 14.1. The first-order chi connectivity index (χ1) is 9.97. The van der Waals surface area contributed by atoms with Gasteiger partial charge in [-0.05, 0) is 48.9 Å². The summed E-state index contributed by atoms with van der Waals surface area (Å²) < 4.78 is 0.912. The van der Waals surface area contributed by atoms with E-state index in [1.165, 1.54) is 0 Å². The van der Waals surface area contributed by atoms with E-state index in [9.17, 15) is 4.79 Å². The fourth-order valence-corrected chi connectivity index (χ4v) is 2.15. The van der Waals surface area contributed by atoms with Crippen molar-refractivity contribution < 1.29 is 4.79 Å². The molecule has 0 aliphatic carbocycles. The third kappa shape index (κ3) is 4.30. The first-order valence-electron chi connectivity index (χ1n) is 6.03. The molecule has 0 aliphatic rings. The van der Waals surface area contributed by atoms with Crippen LogP contribution in [0.4, 0.5) is 0 Å². The first kappa shape index (κ1) is 16.0. The number of rotatable bonds is 3. The normalized spacial score (nSPS) is 11.3. The lowest BCUT2D eigenvalue weighted by Gasteiger charge is -2.04. The highest BCUT2D eigenvalue weighted by molar-refractivity contribution is 9.10. The van der Waals surface area contributed by atoms with Crippen LogP contribution < -0.4 is 5.43 Å². The van der Waals surface area contributed by atoms with Gasteiger partial charge in [0, 0.05) is 10.0 Å². The quantitative estimate of drug-likeness (QED) is 0.591. The van der Waals surface area contributed by atoms with E-state index in [0.717, 1.165) is 10.0 Å². The van der Waals surface area contributed by atoms with Crippen LogP contribution in [0.15, 0.2) is 52.0 Å². The number of hydrogen-bond acceptors (Lipinski definition) is 2. The van der Waals surface area contributed by atoms with Crippen LogP contribution in [0.2, 0.25) is 10.0 Å². The summed E-state index contributed by atoms with van der Waals surface area (Å²) in [4.78, 5) is 11.9. The van der Waals surface area contributed by atoms with E-state index in [0.29, 0.717) is 21.3 Å². The summed E-state index contributed by atoms with van der Waals surface area (Å²) in [6, 6.07) is 12.2. The second-order valence-corrected chi connectivity index (χ2v) is 6.00. The van der Waals surface area contributed by atoms with E-state index in [1.54, 1.807) is 49.4 Å². The molecule has 2 aromatic carbocycles. The third-order valence-electron chi connectivity index (χ3n) is 2.77. The van der Waals surface area contributed by atoms with Gasteiger partial charge in [-0.25, -0.2) is 5.43 Å². The van der Waals surface area contributed by atoms with Crippen LogP contribution in [0, 0.1) is 0 Å². The van der Waals surface area contributed by atoms with Crippen LogP contribution in [0.1, 0.15) is 22.8 Å². The molecule has 0 spiro atoms. The van der Waals surface area contributed by atoms with E-state index >= 15 is 0 Å². The Morgan fingerprint density at radius 3 is 2.29 bits per heavy atom. The fraction of sp³-hybridized carbons (Fsp3) is 0.0667. The monoisotopic (exact) mass is 384 g/mol. The van der Waals surface area contributed by atoms with Crippen LogP contribution >= 0.6 is 39.1 Å². The molecular formula is C15H11BrCl2N2O. The van der Waals surface area contributed by atoms with Crippen molar-refractivity contribution in [2.75, 3.05) is 0 Å². The Morgan fingerprint density at radius 2 is 1.67 bits per heavy atom. The lowest BCUT2D eigenvalue weighted by molar-refractivity contribution is 0.0955. The van der Waals surface area contributed by atoms with Gasteiger partial charge in [-0.2, -0.15) is 5.10 Å². The number of nitrogens with one attached hydrogen (secondary N) is 1. The highest BCUT2D eigenvalue weighted by Gasteiger charge is 2.06. The Morgan fingerprint density at radius 1 is 1.05 bits per heavy atom. The lowest BCUT2D eigenvalue weighted by Crippen LogP contribution is -2.19. The van der Waals surface area contributed by atoms with Crippen molar-refractivity contribution in [2.45, 2.75) is 6.92 Å². The van der Waals surface area contributed by atoms with E-state index in [4.69, 9.17) is 23.2 Å². The number of nitrogens with zero attached hydrogens (tertiary/aromatic N) is 1. The van der Waals surface area contributed by atoms with Crippen LogP contribution in [0.3, 0.4) is 0 Å². The molecule has 2 rings (SSSR count). The molecule has 0 aliphatic heterocycles. The van der Waals surface area contributed by atoms with E-state index in [1.807, 2.05) is 0 Å². The third-order valence-corrected chi connectivity index (χ3v) is 4.04. The zero-order chi connectivity index (χ0) is 15.4. The molecule has 0 heterocycles. The minimum atomic E-state index is -0.276. The minimum absolute atomic E-state index is 0.276. The number of carbonyl (C=O) groups excluding carboxylic acids is 1. The summed E-state index contributed by atoms with van der Waals surface area (Å²) in [6.07, 6.45) is 0. The van der Waals surface area contributed by atoms with Crippen LogP contribution in [0.25, 0.3) is 0 Å². The molecule has 0 bridgehead atoms. The maximum atomic E-state index is 11.9. The fourth-order valence-electron chi connectivity index (χ4n) is 1.59. The van der Waals surface area contributed by atoms with Crippen molar-refractivity contribution in [1.29, 1.82) is 0 Å². The van der Waals surface area contributed by atoms with Gasteiger partial charge in [0.2, 0.25) is 0 Å². The highest BCUT2D eigenvalue weighted by atomic mass is 79.9. The molecule has 0 atom stereocenters. The molecule has 0 radical (unpaired) electrons. The molecule has 0 fully saturated rings. The minimum Gasteiger partial charge on any atom is -0.267 e. The van der Waals surface area contributed by atoms with Gasteiger partial charge in [0.15, 0.2) is 0 Å². The Kier molecular flexibility index (Phi) is 5.39. The summed E-state index contributed by atoms with van der Waals surface area (Å²) in [5.74, 6) is -0.276. The van der Waals surface area contributed by atoms with Gasteiger partial charge in [0.05, 0.1) is 15.8 Å². The molecular weight excluding hydrogens is 375 g/mol. The van der Waals surface area contributed by atoms with Crippen LogP contribution in [-0.4, -0.2) is 11.6 Å². The molecule has 6 heteroatoms. The zero-order valence-electron chi connectivity index (χ0n) is 11.0. The largest absolute Gasteiger partial charge is 0.271 e. The predicted octanol–water partition coefficient (Wildman–Crippen LogP) is 4.91. The molecule has 21 heavy (non-hydrogen) atoms. The van der Waals surface area contributed by atoms with Gasteiger partial charge < -0.3 is 0 Å². The van der Waals surface area contributed by atoms with Crippen molar-refractivity contribution >= 4 is 50.8 Å². The van der Waals surface area contributed by atoms with Crippen LogP contribution in [0.5, 0.6) is 0 Å². The number of halogens is 3. The average molecular weight is 386 g/mol. The van der Waals surface area contributed by atoms with E-state index in [2.05, 4.69) is 26.5 Å². The highest BCUT2D eigenvalue weighted by Crippen LogP contribution is 2.22. The molecule has 1 N–H and O–H groups in total. The van der Waals surface area contributed by atoms with Crippen molar-refractivity contribution in [1.82, 2.24) is 5.43 Å². The van der Waals surface area contributed by atoms with Crippen molar-refractivity contribution in [3.63, 3.8) is 0 Å². The molecule has 0 unspecified atom stereocenters. The second kappa shape index (κ2) is 7.07. The Bertz CT molecular complexity index is 699. The number of benzene rings is 2. The maximum Gasteiger partial charge on any atom is 0.271 e. The van der Waals surface area contributed by atoms with Gasteiger partial charge >= 0.3 is 0 Å². The number of hydrazone groups is 1. The van der Waals surface area contributed by atoms with Gasteiger partial charge in [-0.15, -0.1) is 0 Å². The maximum absolute atomic E-state index is 11.9. The summed E-state index contributed by atoms with van der Waals surface area (Å²) >= 11 is 15.1. The number of amides is 1. The number of carbonyl (C=O) groups is 1. The molecule has 0 saturated heterocycles. The first-order valence-corrected chi connectivity index (χ1v) is 7.58. The molecule has 0 saturated carbocycles. The lowest BCUT2D eigenvalue weighted by atomic mass is 10.1. The van der Waals surface area contributed by atoms with Crippen LogP contribution in [-0.2, 0) is 0 Å². The molecule has 1 amide bonds.